The van der Waals surface area contributed by atoms with Crippen molar-refractivity contribution in [1.82, 2.24) is 5.32 Å². The number of aromatic hydroxyl groups is 1. The Morgan fingerprint density at radius 2 is 1.96 bits per heavy atom. The molecule has 0 fully saturated rings. The van der Waals surface area contributed by atoms with Gasteiger partial charge in [-0.05, 0) is 43.9 Å². The van der Waals surface area contributed by atoms with E-state index < -0.39 is 29.9 Å². The Morgan fingerprint density at radius 3 is 2.50 bits per heavy atom. The Kier molecular flexibility index (Phi) is 8.36. The van der Waals surface area contributed by atoms with Crippen molar-refractivity contribution in [3.63, 3.8) is 0 Å². The zero-order valence-corrected chi connectivity index (χ0v) is 14.5. The Morgan fingerprint density at radius 1 is 1.27 bits per heavy atom. The maximum atomic E-state index is 12.1. The summed E-state index contributed by atoms with van der Waals surface area (Å²) < 4.78 is 5.21. The first-order valence-electron chi connectivity index (χ1n) is 8.19. The molecule has 1 amide bonds. The molecule has 1 aromatic rings. The number of phenolic OH excluding ortho intramolecular Hbond substituents is 1. The van der Waals surface area contributed by atoms with Crippen molar-refractivity contribution in [3.8, 4) is 11.5 Å². The van der Waals surface area contributed by atoms with Crippen LogP contribution in [-0.4, -0.2) is 51.9 Å². The van der Waals surface area contributed by atoms with E-state index in [-0.39, 0.29) is 31.4 Å². The zero-order chi connectivity index (χ0) is 19.7. The average molecular weight is 368 g/mol. The van der Waals surface area contributed by atoms with Crippen LogP contribution in [0.3, 0.4) is 0 Å². The van der Waals surface area contributed by atoms with E-state index in [1.165, 1.54) is 6.07 Å². The first kappa shape index (κ1) is 21.2. The number of phenols is 1. The molecular weight excluding hydrogens is 344 g/mol. The molecule has 0 heterocycles. The van der Waals surface area contributed by atoms with Crippen LogP contribution in [0.1, 0.15) is 31.7 Å². The molecule has 0 unspecified atom stereocenters. The second kappa shape index (κ2) is 10.2. The summed E-state index contributed by atoms with van der Waals surface area (Å²) in [5.74, 6) is -2.71. The van der Waals surface area contributed by atoms with Gasteiger partial charge in [-0.1, -0.05) is 6.07 Å². The fraction of sp³-hybridized carbons (Fsp3) is 0.471. The van der Waals surface area contributed by atoms with Crippen LogP contribution in [0, 0.1) is 0 Å². The number of amides is 1. The lowest BCUT2D eigenvalue weighted by Crippen LogP contribution is -2.49. The van der Waals surface area contributed by atoms with Gasteiger partial charge < -0.3 is 31.1 Å². The largest absolute Gasteiger partial charge is 0.504 e. The van der Waals surface area contributed by atoms with Gasteiger partial charge >= 0.3 is 11.9 Å². The highest BCUT2D eigenvalue weighted by Gasteiger charge is 2.23. The molecule has 1 aromatic carbocycles. The Labute approximate surface area is 150 Å². The van der Waals surface area contributed by atoms with Gasteiger partial charge in [-0.25, -0.2) is 4.79 Å². The van der Waals surface area contributed by atoms with Crippen molar-refractivity contribution < 1.29 is 34.4 Å². The third-order valence-electron chi connectivity index (χ3n) is 3.61. The van der Waals surface area contributed by atoms with E-state index in [2.05, 4.69) is 5.32 Å². The van der Waals surface area contributed by atoms with E-state index in [4.69, 9.17) is 20.7 Å². The normalized spacial score (nSPS) is 12.8. The molecule has 0 saturated heterocycles. The fourth-order valence-electron chi connectivity index (χ4n) is 2.31. The van der Waals surface area contributed by atoms with Crippen LogP contribution < -0.4 is 15.8 Å². The number of benzene rings is 1. The van der Waals surface area contributed by atoms with Crippen LogP contribution in [0.25, 0.3) is 0 Å². The molecule has 26 heavy (non-hydrogen) atoms. The van der Waals surface area contributed by atoms with Gasteiger partial charge in [-0.15, -0.1) is 0 Å². The standard InChI is InChI=1S/C17H24N2O7/c1-2-26-14-7-6-10(9-13(14)20)8-11(18)16(23)19-12(17(24)25)4-3-5-15(21)22/h6-7,9,11-12,20H,2-5,8,18H2,1H3,(H,19,23)(H,21,22)(H,24,25)/t11-,12-/m0/s1. The molecule has 0 aliphatic heterocycles. The Bertz CT molecular complexity index is 648. The minimum atomic E-state index is -1.25. The summed E-state index contributed by atoms with van der Waals surface area (Å²) in [4.78, 5) is 33.8. The third-order valence-corrected chi connectivity index (χ3v) is 3.61. The number of carbonyl (C=O) groups is 3. The monoisotopic (exact) mass is 368 g/mol. The molecule has 1 rings (SSSR count). The SMILES string of the molecule is CCOc1ccc(C[C@H](N)C(=O)N[C@@H](CCCC(=O)O)C(=O)O)cc1O. The Balaban J connectivity index is 2.63. The van der Waals surface area contributed by atoms with E-state index in [1.807, 2.05) is 0 Å². The maximum absolute atomic E-state index is 12.1. The average Bonchev–Trinajstić information content (AvgIpc) is 2.55. The third kappa shape index (κ3) is 6.98. The van der Waals surface area contributed by atoms with Crippen LogP contribution in [-0.2, 0) is 20.8 Å². The lowest BCUT2D eigenvalue weighted by molar-refractivity contribution is -0.142. The summed E-state index contributed by atoms with van der Waals surface area (Å²) in [7, 11) is 0. The number of ether oxygens (including phenoxy) is 1. The first-order valence-corrected chi connectivity index (χ1v) is 8.19. The zero-order valence-electron chi connectivity index (χ0n) is 14.5. The van der Waals surface area contributed by atoms with Crippen molar-refractivity contribution in [3.05, 3.63) is 23.8 Å². The van der Waals surface area contributed by atoms with Gasteiger partial charge in [-0.2, -0.15) is 0 Å². The van der Waals surface area contributed by atoms with Crippen molar-refractivity contribution in [2.45, 2.75) is 44.7 Å². The number of rotatable bonds is 11. The molecule has 9 heteroatoms. The van der Waals surface area contributed by atoms with Gasteiger partial charge in [0.1, 0.15) is 6.04 Å². The highest BCUT2D eigenvalue weighted by atomic mass is 16.5. The number of hydrogen-bond donors (Lipinski definition) is 5. The molecule has 2 atom stereocenters. The van der Waals surface area contributed by atoms with E-state index in [0.29, 0.717) is 17.9 Å². The molecule has 0 radical (unpaired) electrons. The summed E-state index contributed by atoms with van der Waals surface area (Å²) in [6.45, 7) is 2.18. The Hall–Kier alpha value is -2.81. The number of carboxylic acids is 2. The molecule has 0 aliphatic rings. The van der Waals surface area contributed by atoms with Gasteiger partial charge in [0.25, 0.3) is 0 Å². The molecular formula is C17H24N2O7. The fourth-order valence-corrected chi connectivity index (χ4v) is 2.31. The number of carbonyl (C=O) groups excluding carboxylic acids is 1. The van der Waals surface area contributed by atoms with Crippen molar-refractivity contribution in [1.29, 1.82) is 0 Å². The van der Waals surface area contributed by atoms with E-state index in [1.54, 1.807) is 19.1 Å². The highest BCUT2D eigenvalue weighted by Crippen LogP contribution is 2.27. The smallest absolute Gasteiger partial charge is 0.326 e. The number of carboxylic acid groups (broad SMARTS) is 2. The van der Waals surface area contributed by atoms with Crippen LogP contribution in [0.5, 0.6) is 11.5 Å². The maximum Gasteiger partial charge on any atom is 0.326 e. The number of aliphatic carboxylic acids is 2. The summed E-state index contributed by atoms with van der Waals surface area (Å²) in [6.07, 6.45) is 0.0168. The van der Waals surface area contributed by atoms with Crippen molar-refractivity contribution >= 4 is 17.8 Å². The van der Waals surface area contributed by atoms with Crippen LogP contribution >= 0.6 is 0 Å². The van der Waals surface area contributed by atoms with Crippen LogP contribution in [0.15, 0.2) is 18.2 Å². The van der Waals surface area contributed by atoms with Crippen molar-refractivity contribution in [2.24, 2.45) is 5.73 Å². The summed E-state index contributed by atoms with van der Waals surface area (Å²) >= 11 is 0. The number of nitrogens with one attached hydrogen (secondary N) is 1. The minimum absolute atomic E-state index is 0.00999. The summed E-state index contributed by atoms with van der Waals surface area (Å²) in [6, 6.07) is 2.42. The van der Waals surface area contributed by atoms with Gasteiger partial charge in [0.15, 0.2) is 11.5 Å². The molecule has 0 bridgehead atoms. The summed E-state index contributed by atoms with van der Waals surface area (Å²) in [5, 5.41) is 29.9. The lowest BCUT2D eigenvalue weighted by Gasteiger charge is -2.18. The predicted octanol–water partition coefficient (Wildman–Crippen LogP) is 0.485. The van der Waals surface area contributed by atoms with E-state index in [9.17, 15) is 19.5 Å². The lowest BCUT2D eigenvalue weighted by atomic mass is 10.0. The second-order valence-corrected chi connectivity index (χ2v) is 5.73. The molecule has 0 aromatic heterocycles. The first-order chi connectivity index (χ1) is 12.2. The number of hydrogen-bond acceptors (Lipinski definition) is 6. The molecule has 0 spiro atoms. The molecule has 0 aliphatic carbocycles. The van der Waals surface area contributed by atoms with E-state index >= 15 is 0 Å². The molecule has 9 nitrogen and oxygen atoms in total. The highest BCUT2D eigenvalue weighted by molar-refractivity contribution is 5.87. The molecule has 6 N–H and O–H groups in total. The summed E-state index contributed by atoms with van der Waals surface area (Å²) in [5.41, 5.74) is 6.40. The van der Waals surface area contributed by atoms with Gasteiger partial charge in [0.2, 0.25) is 5.91 Å². The van der Waals surface area contributed by atoms with Crippen LogP contribution in [0.4, 0.5) is 0 Å². The van der Waals surface area contributed by atoms with E-state index in [0.717, 1.165) is 0 Å². The molecule has 0 saturated carbocycles. The van der Waals surface area contributed by atoms with Gasteiger partial charge in [0.05, 0.1) is 12.6 Å². The quantitative estimate of drug-likeness (QED) is 0.377. The minimum Gasteiger partial charge on any atom is -0.504 e. The van der Waals surface area contributed by atoms with Gasteiger partial charge in [0, 0.05) is 6.42 Å². The topological polar surface area (TPSA) is 159 Å². The number of nitrogens with two attached hydrogens (primary N) is 1. The molecule has 144 valence electrons. The van der Waals surface area contributed by atoms with Crippen molar-refractivity contribution in [2.75, 3.05) is 6.61 Å². The second-order valence-electron chi connectivity index (χ2n) is 5.73. The van der Waals surface area contributed by atoms with Gasteiger partial charge in [-0.3, -0.25) is 9.59 Å². The van der Waals surface area contributed by atoms with Crippen LogP contribution in [0.2, 0.25) is 0 Å². The predicted molar refractivity (Wildman–Crippen MR) is 92.0 cm³/mol.